The molecular formula is C18H20Cl2FN3OS. The summed E-state index contributed by atoms with van der Waals surface area (Å²) in [4.78, 5) is 0. The quantitative estimate of drug-likeness (QED) is 0.501. The van der Waals surface area contributed by atoms with Crippen molar-refractivity contribution in [1.82, 2.24) is 0 Å². The first kappa shape index (κ1) is 21.9. The van der Waals surface area contributed by atoms with Crippen LogP contribution in [0.4, 0.5) is 21.5 Å². The standard InChI is InChI=1S/C18H18FN3OS.2ClH/c1-23-18-15(19)3-2-4-17(18)22-8-11-9-24-10-14(11)13-7-12(20)5-6-16(13)21;;/h2-7,9-10,22H,8,20-21H2,1H3;2*1H. The van der Waals surface area contributed by atoms with Gasteiger partial charge in [0.2, 0.25) is 0 Å². The van der Waals surface area contributed by atoms with Crippen molar-refractivity contribution in [3.05, 3.63) is 58.5 Å². The minimum atomic E-state index is -0.395. The number of nitrogen functional groups attached to an aromatic ring is 2. The molecule has 0 bridgehead atoms. The Morgan fingerprint density at radius 3 is 2.58 bits per heavy atom. The number of thiophene rings is 1. The highest BCUT2D eigenvalue weighted by molar-refractivity contribution is 7.08. The van der Waals surface area contributed by atoms with Crippen molar-refractivity contribution in [2.75, 3.05) is 23.9 Å². The Balaban J connectivity index is 0.00000169. The number of para-hydroxylation sites is 1. The van der Waals surface area contributed by atoms with Crippen molar-refractivity contribution < 1.29 is 9.13 Å². The predicted molar refractivity (Wildman–Crippen MR) is 113 cm³/mol. The molecule has 0 unspecified atom stereocenters. The van der Waals surface area contributed by atoms with Gasteiger partial charge in [-0.2, -0.15) is 11.3 Å². The molecule has 3 aromatic rings. The maximum absolute atomic E-state index is 13.8. The minimum Gasteiger partial charge on any atom is -0.492 e. The van der Waals surface area contributed by atoms with E-state index in [-0.39, 0.29) is 30.6 Å². The van der Waals surface area contributed by atoms with Crippen LogP contribution in [-0.4, -0.2) is 7.11 Å². The molecule has 5 N–H and O–H groups in total. The summed E-state index contributed by atoms with van der Waals surface area (Å²) in [6.07, 6.45) is 0. The molecule has 0 aliphatic carbocycles. The predicted octanol–water partition coefficient (Wildman–Crippen LogP) is 5.18. The molecule has 1 heterocycles. The van der Waals surface area contributed by atoms with Crippen molar-refractivity contribution in [2.45, 2.75) is 6.54 Å². The van der Waals surface area contributed by atoms with Crippen molar-refractivity contribution >= 4 is 53.2 Å². The smallest absolute Gasteiger partial charge is 0.177 e. The van der Waals surface area contributed by atoms with Crippen LogP contribution in [-0.2, 0) is 6.54 Å². The first-order valence-electron chi connectivity index (χ1n) is 7.37. The van der Waals surface area contributed by atoms with Crippen LogP contribution in [0, 0.1) is 5.82 Å². The van der Waals surface area contributed by atoms with Crippen molar-refractivity contribution in [3.8, 4) is 16.9 Å². The lowest BCUT2D eigenvalue weighted by Crippen LogP contribution is -2.03. The number of nitrogens with one attached hydrogen (secondary N) is 1. The highest BCUT2D eigenvalue weighted by atomic mass is 35.5. The Hall–Kier alpha value is -2.15. The first-order valence-corrected chi connectivity index (χ1v) is 8.31. The number of nitrogens with two attached hydrogens (primary N) is 2. The molecule has 0 aliphatic rings. The monoisotopic (exact) mass is 415 g/mol. The van der Waals surface area contributed by atoms with Gasteiger partial charge in [0.05, 0.1) is 12.8 Å². The lowest BCUT2D eigenvalue weighted by molar-refractivity contribution is 0.388. The molecule has 8 heteroatoms. The Labute approximate surface area is 168 Å². The molecule has 0 saturated carbocycles. The normalized spacial score (nSPS) is 9.77. The maximum atomic E-state index is 13.8. The summed E-state index contributed by atoms with van der Waals surface area (Å²) >= 11 is 1.58. The van der Waals surface area contributed by atoms with E-state index in [1.807, 2.05) is 16.8 Å². The second-order valence-electron chi connectivity index (χ2n) is 5.33. The molecule has 3 rings (SSSR count). The van der Waals surface area contributed by atoms with Gasteiger partial charge in [0, 0.05) is 23.5 Å². The summed E-state index contributed by atoms with van der Waals surface area (Å²) in [5, 5.41) is 7.29. The fraction of sp³-hybridized carbons (Fsp3) is 0.111. The summed E-state index contributed by atoms with van der Waals surface area (Å²) < 4.78 is 18.9. The Morgan fingerprint density at radius 2 is 1.85 bits per heavy atom. The zero-order chi connectivity index (χ0) is 17.1. The van der Waals surface area contributed by atoms with Crippen LogP contribution in [0.5, 0.6) is 5.75 Å². The van der Waals surface area contributed by atoms with Crippen LogP contribution in [0.2, 0.25) is 0 Å². The average Bonchev–Trinajstić information content (AvgIpc) is 3.03. The second kappa shape index (κ2) is 9.52. The highest BCUT2D eigenvalue weighted by Crippen LogP contribution is 2.34. The Morgan fingerprint density at radius 1 is 1.08 bits per heavy atom. The fourth-order valence-electron chi connectivity index (χ4n) is 2.55. The van der Waals surface area contributed by atoms with Crippen molar-refractivity contribution in [3.63, 3.8) is 0 Å². The van der Waals surface area contributed by atoms with Crippen molar-refractivity contribution in [1.29, 1.82) is 0 Å². The third-order valence-corrected chi connectivity index (χ3v) is 4.54. The zero-order valence-corrected chi connectivity index (χ0v) is 16.4. The van der Waals surface area contributed by atoms with Gasteiger partial charge in [-0.3, -0.25) is 0 Å². The fourth-order valence-corrected chi connectivity index (χ4v) is 3.41. The summed E-state index contributed by atoms with van der Waals surface area (Å²) in [5.41, 5.74) is 16.9. The van der Waals surface area contributed by atoms with Crippen LogP contribution < -0.4 is 21.5 Å². The van der Waals surface area contributed by atoms with Gasteiger partial charge >= 0.3 is 0 Å². The number of benzene rings is 2. The third kappa shape index (κ3) is 4.52. The van der Waals surface area contributed by atoms with Gasteiger partial charge in [0.1, 0.15) is 0 Å². The number of hydrogen-bond acceptors (Lipinski definition) is 5. The van der Waals surface area contributed by atoms with Gasteiger partial charge in [0.25, 0.3) is 0 Å². The topological polar surface area (TPSA) is 73.3 Å². The second-order valence-corrected chi connectivity index (χ2v) is 6.08. The van der Waals surface area contributed by atoms with Crippen LogP contribution >= 0.6 is 36.2 Å². The lowest BCUT2D eigenvalue weighted by atomic mass is 10.0. The molecule has 0 aliphatic heterocycles. The summed E-state index contributed by atoms with van der Waals surface area (Å²) in [5.74, 6) is -0.189. The maximum Gasteiger partial charge on any atom is 0.177 e. The van der Waals surface area contributed by atoms with E-state index in [0.29, 0.717) is 23.6 Å². The zero-order valence-electron chi connectivity index (χ0n) is 14.0. The van der Waals surface area contributed by atoms with Gasteiger partial charge in [-0.25, -0.2) is 4.39 Å². The van der Waals surface area contributed by atoms with Crippen LogP contribution in [0.1, 0.15) is 5.56 Å². The third-order valence-electron chi connectivity index (χ3n) is 3.75. The molecule has 0 saturated heterocycles. The summed E-state index contributed by atoms with van der Waals surface area (Å²) in [7, 11) is 1.45. The van der Waals surface area contributed by atoms with E-state index in [9.17, 15) is 4.39 Å². The van der Waals surface area contributed by atoms with Gasteiger partial charge < -0.3 is 21.5 Å². The van der Waals surface area contributed by atoms with E-state index in [4.69, 9.17) is 16.2 Å². The molecule has 4 nitrogen and oxygen atoms in total. The number of rotatable bonds is 5. The number of hydrogen-bond donors (Lipinski definition) is 3. The largest absolute Gasteiger partial charge is 0.492 e. The van der Waals surface area contributed by atoms with Crippen LogP contribution in [0.25, 0.3) is 11.1 Å². The molecule has 0 atom stereocenters. The highest BCUT2D eigenvalue weighted by Gasteiger charge is 2.12. The SMILES string of the molecule is COc1c(F)cccc1NCc1cscc1-c1cc(N)ccc1N.Cl.Cl. The van der Waals surface area contributed by atoms with Gasteiger partial charge in [-0.1, -0.05) is 6.07 Å². The van der Waals surface area contributed by atoms with Gasteiger partial charge in [-0.05, 0) is 52.2 Å². The summed E-state index contributed by atoms with van der Waals surface area (Å²) in [6.45, 7) is 0.521. The lowest BCUT2D eigenvalue weighted by Gasteiger charge is -2.13. The number of anilines is 3. The molecule has 0 fully saturated rings. The Bertz CT molecular complexity index is 873. The van der Waals surface area contributed by atoms with Gasteiger partial charge in [0.15, 0.2) is 11.6 Å². The number of ether oxygens (including phenoxy) is 1. The molecule has 0 amide bonds. The van der Waals surface area contributed by atoms with E-state index >= 15 is 0 Å². The molecule has 0 radical (unpaired) electrons. The van der Waals surface area contributed by atoms with E-state index < -0.39 is 5.82 Å². The van der Waals surface area contributed by atoms with Crippen LogP contribution in [0.15, 0.2) is 47.2 Å². The molecule has 26 heavy (non-hydrogen) atoms. The number of halogens is 3. The molecule has 1 aromatic heterocycles. The first-order chi connectivity index (χ1) is 11.6. The van der Waals surface area contributed by atoms with E-state index in [0.717, 1.165) is 16.7 Å². The summed E-state index contributed by atoms with van der Waals surface area (Å²) in [6, 6.07) is 10.2. The molecule has 140 valence electrons. The minimum absolute atomic E-state index is 0. The van der Waals surface area contributed by atoms with E-state index in [1.165, 1.54) is 13.2 Å². The molecule has 0 spiro atoms. The molecule has 2 aromatic carbocycles. The molecular weight excluding hydrogens is 396 g/mol. The van der Waals surface area contributed by atoms with E-state index in [2.05, 4.69) is 5.32 Å². The Kier molecular flexibility index (Phi) is 8.02. The number of methoxy groups -OCH3 is 1. The van der Waals surface area contributed by atoms with Crippen LogP contribution in [0.3, 0.4) is 0 Å². The van der Waals surface area contributed by atoms with Crippen molar-refractivity contribution in [2.24, 2.45) is 0 Å². The van der Waals surface area contributed by atoms with E-state index in [1.54, 1.807) is 35.6 Å². The van der Waals surface area contributed by atoms with Gasteiger partial charge in [-0.15, -0.1) is 24.8 Å². The average molecular weight is 416 g/mol.